The minimum Gasteiger partial charge on any atom is -0.478 e. The Kier molecular flexibility index (Phi) is 5.27. The Labute approximate surface area is 123 Å². The largest absolute Gasteiger partial charge is 0.478 e. The summed E-state index contributed by atoms with van der Waals surface area (Å²) in [7, 11) is 0. The van der Waals surface area contributed by atoms with Crippen LogP contribution in [0, 0.1) is 17.8 Å². The lowest BCUT2D eigenvalue weighted by atomic mass is 9.74. The molecular formula is C17H28N2O. The van der Waals surface area contributed by atoms with Gasteiger partial charge in [0.15, 0.2) is 0 Å². The van der Waals surface area contributed by atoms with E-state index in [1.165, 1.54) is 19.3 Å². The van der Waals surface area contributed by atoms with Gasteiger partial charge in [-0.1, -0.05) is 27.2 Å². The Morgan fingerprint density at radius 3 is 2.75 bits per heavy atom. The minimum absolute atomic E-state index is 0.568. The number of rotatable bonds is 5. The molecule has 20 heavy (non-hydrogen) atoms. The summed E-state index contributed by atoms with van der Waals surface area (Å²) < 4.78 is 5.39. The summed E-state index contributed by atoms with van der Waals surface area (Å²) in [6.07, 6.45) is 5.85. The molecule has 0 saturated heterocycles. The number of ether oxygens (including phenoxy) is 1. The fourth-order valence-corrected chi connectivity index (χ4v) is 3.28. The van der Waals surface area contributed by atoms with Gasteiger partial charge in [-0.2, -0.15) is 0 Å². The number of hydrogen-bond acceptors (Lipinski definition) is 3. The molecule has 0 radical (unpaired) electrons. The molecule has 3 heteroatoms. The van der Waals surface area contributed by atoms with Crippen LogP contribution in [0.4, 0.5) is 5.69 Å². The summed E-state index contributed by atoms with van der Waals surface area (Å²) in [5.41, 5.74) is 1.11. The number of pyridine rings is 1. The highest BCUT2D eigenvalue weighted by molar-refractivity contribution is 5.43. The van der Waals surface area contributed by atoms with E-state index in [1.54, 1.807) is 0 Å². The van der Waals surface area contributed by atoms with Crippen LogP contribution in [0.2, 0.25) is 0 Å². The van der Waals surface area contributed by atoms with Crippen LogP contribution < -0.4 is 10.1 Å². The van der Waals surface area contributed by atoms with Crippen molar-refractivity contribution in [2.45, 2.75) is 53.0 Å². The van der Waals surface area contributed by atoms with Gasteiger partial charge in [0.25, 0.3) is 0 Å². The van der Waals surface area contributed by atoms with E-state index in [1.807, 2.05) is 19.2 Å². The first-order valence-corrected chi connectivity index (χ1v) is 7.95. The summed E-state index contributed by atoms with van der Waals surface area (Å²) in [6, 6.07) is 4.59. The van der Waals surface area contributed by atoms with Crippen molar-refractivity contribution >= 4 is 5.69 Å². The molecule has 1 aromatic rings. The van der Waals surface area contributed by atoms with Gasteiger partial charge in [0.2, 0.25) is 5.88 Å². The number of anilines is 1. The first kappa shape index (κ1) is 15.1. The molecule has 1 N–H and O–H groups in total. The fourth-order valence-electron chi connectivity index (χ4n) is 3.28. The van der Waals surface area contributed by atoms with Crippen molar-refractivity contribution in [3.63, 3.8) is 0 Å². The van der Waals surface area contributed by atoms with E-state index >= 15 is 0 Å². The normalized spacial score (nSPS) is 26.6. The minimum atomic E-state index is 0.568. The van der Waals surface area contributed by atoms with Crippen molar-refractivity contribution < 1.29 is 4.74 Å². The Morgan fingerprint density at radius 1 is 1.35 bits per heavy atom. The van der Waals surface area contributed by atoms with Gasteiger partial charge in [-0.15, -0.1) is 0 Å². The third-order valence-electron chi connectivity index (χ3n) is 4.40. The third-order valence-corrected chi connectivity index (χ3v) is 4.40. The molecule has 3 atom stereocenters. The maximum atomic E-state index is 5.39. The molecule has 1 saturated carbocycles. The highest BCUT2D eigenvalue weighted by Crippen LogP contribution is 2.35. The van der Waals surface area contributed by atoms with E-state index in [2.05, 4.69) is 37.1 Å². The summed E-state index contributed by atoms with van der Waals surface area (Å²) >= 11 is 0. The number of hydrogen-bond donors (Lipinski definition) is 1. The van der Waals surface area contributed by atoms with Gasteiger partial charge in [-0.05, 0) is 43.6 Å². The number of nitrogens with one attached hydrogen (secondary N) is 1. The topological polar surface area (TPSA) is 34.1 Å². The molecule has 1 fully saturated rings. The quantitative estimate of drug-likeness (QED) is 0.868. The summed E-state index contributed by atoms with van der Waals surface area (Å²) in [5, 5.41) is 3.69. The zero-order valence-corrected chi connectivity index (χ0v) is 13.2. The molecule has 0 aliphatic heterocycles. The summed E-state index contributed by atoms with van der Waals surface area (Å²) in [5.74, 6) is 3.02. The Hall–Kier alpha value is -1.25. The average molecular weight is 276 g/mol. The molecule has 0 spiro atoms. The van der Waals surface area contributed by atoms with E-state index in [9.17, 15) is 0 Å². The van der Waals surface area contributed by atoms with Crippen molar-refractivity contribution in [3.8, 4) is 5.88 Å². The zero-order valence-electron chi connectivity index (χ0n) is 13.2. The molecule has 3 unspecified atom stereocenters. The number of aromatic nitrogens is 1. The smallest absolute Gasteiger partial charge is 0.213 e. The maximum Gasteiger partial charge on any atom is 0.213 e. The SMILES string of the molecule is CCOc1ccc(NC2CC(C)CCC2C(C)C)cn1. The lowest BCUT2D eigenvalue weighted by Crippen LogP contribution is -2.37. The van der Waals surface area contributed by atoms with Crippen molar-refractivity contribution in [1.29, 1.82) is 0 Å². The molecule has 112 valence electrons. The van der Waals surface area contributed by atoms with E-state index in [-0.39, 0.29) is 0 Å². The van der Waals surface area contributed by atoms with Crippen molar-refractivity contribution in [3.05, 3.63) is 18.3 Å². The fraction of sp³-hybridized carbons (Fsp3) is 0.706. The molecule has 0 amide bonds. The first-order chi connectivity index (χ1) is 9.60. The molecule has 1 aromatic heterocycles. The van der Waals surface area contributed by atoms with Crippen LogP contribution in [-0.2, 0) is 0 Å². The van der Waals surface area contributed by atoms with Crippen molar-refractivity contribution in [2.24, 2.45) is 17.8 Å². The van der Waals surface area contributed by atoms with E-state index in [4.69, 9.17) is 4.74 Å². The van der Waals surface area contributed by atoms with Crippen LogP contribution >= 0.6 is 0 Å². The van der Waals surface area contributed by atoms with Crippen LogP contribution in [0.5, 0.6) is 5.88 Å². The standard InChI is InChI=1S/C17H28N2O/c1-5-20-17-9-7-14(11-18-17)19-16-10-13(4)6-8-15(16)12(2)3/h7,9,11-13,15-16,19H,5-6,8,10H2,1-4H3. The second-order valence-electron chi connectivity index (χ2n) is 6.40. The van der Waals surface area contributed by atoms with Gasteiger partial charge < -0.3 is 10.1 Å². The Balaban J connectivity index is 2.02. The van der Waals surface area contributed by atoms with Crippen LogP contribution in [-0.4, -0.2) is 17.6 Å². The first-order valence-electron chi connectivity index (χ1n) is 7.95. The van der Waals surface area contributed by atoms with Gasteiger partial charge in [-0.25, -0.2) is 4.98 Å². The zero-order chi connectivity index (χ0) is 14.5. The van der Waals surface area contributed by atoms with Gasteiger partial charge in [0, 0.05) is 12.1 Å². The van der Waals surface area contributed by atoms with Crippen molar-refractivity contribution in [1.82, 2.24) is 4.98 Å². The summed E-state index contributed by atoms with van der Waals surface area (Å²) in [4.78, 5) is 4.34. The third kappa shape index (κ3) is 3.87. The van der Waals surface area contributed by atoms with Gasteiger partial charge in [-0.3, -0.25) is 0 Å². The van der Waals surface area contributed by atoms with E-state index in [0.29, 0.717) is 18.5 Å². The molecule has 3 nitrogen and oxygen atoms in total. The maximum absolute atomic E-state index is 5.39. The average Bonchev–Trinajstić information content (AvgIpc) is 2.41. The molecule has 0 bridgehead atoms. The van der Waals surface area contributed by atoms with E-state index < -0.39 is 0 Å². The highest BCUT2D eigenvalue weighted by Gasteiger charge is 2.30. The molecule has 0 aromatic carbocycles. The Bertz CT molecular complexity index is 402. The molecule has 1 heterocycles. The molecule has 1 aliphatic rings. The van der Waals surface area contributed by atoms with E-state index in [0.717, 1.165) is 23.4 Å². The molecule has 2 rings (SSSR count). The monoisotopic (exact) mass is 276 g/mol. The van der Waals surface area contributed by atoms with Crippen LogP contribution in [0.15, 0.2) is 18.3 Å². The predicted molar refractivity (Wildman–Crippen MR) is 84.2 cm³/mol. The van der Waals surface area contributed by atoms with Gasteiger partial charge in [0.05, 0.1) is 18.5 Å². The van der Waals surface area contributed by atoms with Crippen LogP contribution in [0.3, 0.4) is 0 Å². The number of nitrogens with zero attached hydrogens (tertiary/aromatic N) is 1. The van der Waals surface area contributed by atoms with Crippen LogP contribution in [0.25, 0.3) is 0 Å². The predicted octanol–water partition coefficient (Wildman–Crippen LogP) is 4.35. The van der Waals surface area contributed by atoms with Crippen molar-refractivity contribution in [2.75, 3.05) is 11.9 Å². The van der Waals surface area contributed by atoms with Crippen LogP contribution in [0.1, 0.15) is 47.0 Å². The van der Waals surface area contributed by atoms with Gasteiger partial charge >= 0.3 is 0 Å². The summed E-state index contributed by atoms with van der Waals surface area (Å²) in [6.45, 7) is 9.68. The Morgan fingerprint density at radius 2 is 2.15 bits per heavy atom. The highest BCUT2D eigenvalue weighted by atomic mass is 16.5. The second kappa shape index (κ2) is 6.96. The van der Waals surface area contributed by atoms with Gasteiger partial charge in [0.1, 0.15) is 0 Å². The molecular weight excluding hydrogens is 248 g/mol. The lowest BCUT2D eigenvalue weighted by Gasteiger charge is -2.38. The molecule has 1 aliphatic carbocycles. The lowest BCUT2D eigenvalue weighted by molar-refractivity contribution is 0.212. The second-order valence-corrected chi connectivity index (χ2v) is 6.40.